The van der Waals surface area contributed by atoms with E-state index in [-0.39, 0.29) is 49.0 Å². The number of carbonyl (C=O) groups is 1. The van der Waals surface area contributed by atoms with Crippen LogP contribution in [0.3, 0.4) is 0 Å². The Bertz CT molecular complexity index is 738. The topological polar surface area (TPSA) is 74.6 Å². The largest absolute Gasteiger partial charge is 0.478 e. The standard InChI is InChI=1S/C16H20F3N3O3.Li/c1-21-6-2-10(3-7-21)20-12-8-13(23)22(9-11(12)14(24)25)15(4-5-15)16(17,18)19;/h8-10,20H,2-7H2,1H3,(H,24,25);. The summed E-state index contributed by atoms with van der Waals surface area (Å²) < 4.78 is 40.4. The third-order valence-corrected chi connectivity index (χ3v) is 5.07. The molecule has 6 nitrogen and oxygen atoms in total. The van der Waals surface area contributed by atoms with Crippen molar-refractivity contribution in [1.82, 2.24) is 9.47 Å². The predicted molar refractivity (Wildman–Crippen MR) is 90.8 cm³/mol. The Morgan fingerprint density at radius 1 is 1.31 bits per heavy atom. The van der Waals surface area contributed by atoms with E-state index in [0.29, 0.717) is 4.57 Å². The average molecular weight is 366 g/mol. The van der Waals surface area contributed by atoms with Gasteiger partial charge in [0.05, 0.1) is 11.3 Å². The van der Waals surface area contributed by atoms with Crippen molar-refractivity contribution in [3.63, 3.8) is 0 Å². The number of piperidine rings is 1. The number of likely N-dealkylation sites (tertiary alicyclic amines) is 1. The Labute approximate surface area is 160 Å². The summed E-state index contributed by atoms with van der Waals surface area (Å²) in [4.78, 5) is 25.9. The second kappa shape index (κ2) is 7.29. The first kappa shape index (κ1) is 20.9. The van der Waals surface area contributed by atoms with Gasteiger partial charge in [-0.3, -0.25) is 9.36 Å². The molecule has 2 N–H and O–H groups in total. The van der Waals surface area contributed by atoms with Gasteiger partial charge in [-0.15, -0.1) is 0 Å². The summed E-state index contributed by atoms with van der Waals surface area (Å²) in [5, 5.41) is 12.4. The molecule has 2 fully saturated rings. The average Bonchev–Trinajstić information content (AvgIpc) is 3.30. The first-order valence-corrected chi connectivity index (χ1v) is 8.16. The second-order valence-electron chi connectivity index (χ2n) is 6.87. The zero-order valence-electron chi connectivity index (χ0n) is 14.8. The summed E-state index contributed by atoms with van der Waals surface area (Å²) in [7, 11) is 1.98. The number of aromatic carboxylic acids is 1. The quantitative estimate of drug-likeness (QED) is 0.794. The third kappa shape index (κ3) is 3.80. The van der Waals surface area contributed by atoms with Gasteiger partial charge >= 0.3 is 12.1 Å². The number of hydrogen-bond donors (Lipinski definition) is 2. The number of carboxylic acid groups (broad SMARTS) is 1. The first-order valence-electron chi connectivity index (χ1n) is 8.16. The number of hydrogen-bond acceptors (Lipinski definition) is 4. The number of pyridine rings is 1. The minimum absolute atomic E-state index is 0. The summed E-state index contributed by atoms with van der Waals surface area (Å²) >= 11 is 0. The fourth-order valence-corrected chi connectivity index (χ4v) is 3.31. The van der Waals surface area contributed by atoms with E-state index in [2.05, 4.69) is 10.2 Å². The molecule has 26 heavy (non-hydrogen) atoms. The third-order valence-electron chi connectivity index (χ3n) is 5.07. The number of aromatic nitrogens is 1. The fourth-order valence-electron chi connectivity index (χ4n) is 3.31. The predicted octanol–water partition coefficient (Wildman–Crippen LogP) is 1.72. The molecule has 1 aliphatic heterocycles. The maximum atomic E-state index is 13.3. The van der Waals surface area contributed by atoms with Crippen LogP contribution in [-0.2, 0) is 5.54 Å². The Morgan fingerprint density at radius 3 is 2.35 bits per heavy atom. The van der Waals surface area contributed by atoms with Gasteiger partial charge in [-0.05, 0) is 45.8 Å². The number of carboxylic acids is 1. The molecule has 0 bridgehead atoms. The van der Waals surface area contributed by atoms with Crippen molar-refractivity contribution in [2.75, 3.05) is 25.5 Å². The molecule has 0 unspecified atom stereocenters. The molecule has 1 saturated heterocycles. The van der Waals surface area contributed by atoms with Crippen molar-refractivity contribution < 1.29 is 23.1 Å². The van der Waals surface area contributed by atoms with Crippen LogP contribution in [0.25, 0.3) is 0 Å². The van der Waals surface area contributed by atoms with Crippen molar-refractivity contribution in [3.05, 3.63) is 28.2 Å². The molecule has 0 atom stereocenters. The van der Waals surface area contributed by atoms with Crippen molar-refractivity contribution >= 4 is 30.5 Å². The van der Waals surface area contributed by atoms with Gasteiger partial charge in [0.2, 0.25) is 0 Å². The number of anilines is 1. The van der Waals surface area contributed by atoms with Gasteiger partial charge in [-0.25, -0.2) is 4.79 Å². The second-order valence-corrected chi connectivity index (χ2v) is 6.87. The van der Waals surface area contributed by atoms with Crippen LogP contribution in [0.1, 0.15) is 36.0 Å². The Kier molecular flexibility index (Phi) is 5.86. The number of halogens is 3. The van der Waals surface area contributed by atoms with Gasteiger partial charge in [0, 0.05) is 37.2 Å². The summed E-state index contributed by atoms with van der Waals surface area (Å²) in [6, 6.07) is 0.968. The van der Waals surface area contributed by atoms with Crippen LogP contribution in [0, 0.1) is 0 Å². The fraction of sp³-hybridized carbons (Fsp3) is 0.625. The Balaban J connectivity index is 0.00000243. The molecule has 1 saturated carbocycles. The van der Waals surface area contributed by atoms with Crippen molar-refractivity contribution in [2.45, 2.75) is 43.4 Å². The monoisotopic (exact) mass is 366 g/mol. The molecule has 0 amide bonds. The molecule has 2 heterocycles. The van der Waals surface area contributed by atoms with Crippen molar-refractivity contribution in [3.8, 4) is 0 Å². The van der Waals surface area contributed by atoms with Crippen LogP contribution in [0.15, 0.2) is 17.1 Å². The van der Waals surface area contributed by atoms with Crippen molar-refractivity contribution in [1.29, 1.82) is 0 Å². The molecule has 139 valence electrons. The van der Waals surface area contributed by atoms with Crippen LogP contribution < -0.4 is 10.9 Å². The van der Waals surface area contributed by atoms with E-state index in [1.807, 2.05) is 7.05 Å². The molecule has 0 spiro atoms. The van der Waals surface area contributed by atoms with E-state index < -0.39 is 23.2 Å². The normalized spacial score (nSPS) is 20.3. The van der Waals surface area contributed by atoms with Gasteiger partial charge in [0.25, 0.3) is 5.56 Å². The molecule has 1 aromatic rings. The van der Waals surface area contributed by atoms with Gasteiger partial charge in [-0.1, -0.05) is 0 Å². The summed E-state index contributed by atoms with van der Waals surface area (Å²) in [6.07, 6.45) is -2.64. The molecular formula is C16H20F3LiN3O3. The number of rotatable bonds is 4. The van der Waals surface area contributed by atoms with Gasteiger partial charge in [0.15, 0.2) is 0 Å². The van der Waals surface area contributed by atoms with Crippen LogP contribution in [0.4, 0.5) is 18.9 Å². The molecule has 0 aromatic carbocycles. The smallest absolute Gasteiger partial charge is 0.412 e. The Hall–Kier alpha value is -1.43. The van der Waals surface area contributed by atoms with Crippen LogP contribution in [0.5, 0.6) is 0 Å². The molecular weight excluding hydrogens is 346 g/mol. The van der Waals surface area contributed by atoms with E-state index in [4.69, 9.17) is 0 Å². The van der Waals surface area contributed by atoms with Crippen LogP contribution in [0.2, 0.25) is 0 Å². The van der Waals surface area contributed by atoms with E-state index in [0.717, 1.165) is 38.2 Å². The van der Waals surface area contributed by atoms with E-state index >= 15 is 0 Å². The first-order chi connectivity index (χ1) is 11.6. The van der Waals surface area contributed by atoms with E-state index in [1.165, 1.54) is 0 Å². The summed E-state index contributed by atoms with van der Waals surface area (Å²) in [5.41, 5.74) is -3.33. The number of nitrogens with one attached hydrogen (secondary N) is 1. The molecule has 1 radical (unpaired) electrons. The molecule has 1 aliphatic carbocycles. The van der Waals surface area contributed by atoms with Crippen molar-refractivity contribution in [2.24, 2.45) is 0 Å². The van der Waals surface area contributed by atoms with Crippen LogP contribution in [-0.4, -0.2) is 71.8 Å². The molecule has 10 heteroatoms. The van der Waals surface area contributed by atoms with E-state index in [9.17, 15) is 27.9 Å². The van der Waals surface area contributed by atoms with Gasteiger partial charge < -0.3 is 15.3 Å². The van der Waals surface area contributed by atoms with Crippen LogP contribution >= 0.6 is 0 Å². The maximum Gasteiger partial charge on any atom is 0.412 e. The maximum absolute atomic E-state index is 13.3. The zero-order valence-corrected chi connectivity index (χ0v) is 14.8. The van der Waals surface area contributed by atoms with Gasteiger partial charge in [0.1, 0.15) is 5.54 Å². The molecule has 2 aliphatic rings. The van der Waals surface area contributed by atoms with E-state index in [1.54, 1.807) is 0 Å². The summed E-state index contributed by atoms with van der Waals surface area (Å²) in [5.74, 6) is -1.36. The zero-order chi connectivity index (χ0) is 18.4. The Morgan fingerprint density at radius 2 is 1.88 bits per heavy atom. The number of nitrogens with zero attached hydrogens (tertiary/aromatic N) is 2. The minimum Gasteiger partial charge on any atom is -0.478 e. The number of alkyl halides is 3. The SMILES string of the molecule is CN1CCC(Nc2cc(=O)n(C3(C(F)(F)F)CC3)cc2C(=O)O)CC1.[Li]. The van der Waals surface area contributed by atoms with Gasteiger partial charge in [-0.2, -0.15) is 13.2 Å². The molecule has 1 aromatic heterocycles. The molecule has 3 rings (SSSR count). The summed E-state index contributed by atoms with van der Waals surface area (Å²) in [6.45, 7) is 1.66. The minimum atomic E-state index is -4.59.